The summed E-state index contributed by atoms with van der Waals surface area (Å²) in [6, 6.07) is 14.4. The molecule has 2 aliphatic heterocycles. The van der Waals surface area contributed by atoms with Gasteiger partial charge in [0.1, 0.15) is 48.7 Å². The van der Waals surface area contributed by atoms with Gasteiger partial charge in [-0.1, -0.05) is 91.3 Å². The number of nitrogens with zero attached hydrogens (tertiary/aromatic N) is 14. The summed E-state index contributed by atoms with van der Waals surface area (Å²) in [5.41, 5.74) is 13.7. The Kier molecular flexibility index (Phi) is 21.1. The van der Waals surface area contributed by atoms with Gasteiger partial charge in [-0.05, 0) is 125 Å². The minimum Gasteiger partial charge on any atom is -0.493 e. The van der Waals surface area contributed by atoms with E-state index in [1.54, 1.807) is 33.1 Å². The maximum atomic E-state index is 12.5. The second-order valence-electron chi connectivity index (χ2n) is 28.6. The fraction of sp³-hybridized carbons (Fsp3) is 0.500. The number of methoxy groups -OCH3 is 2. The fourth-order valence-electron chi connectivity index (χ4n) is 10.9. The predicted molar refractivity (Wildman–Crippen MR) is 365 cm³/mol. The van der Waals surface area contributed by atoms with Gasteiger partial charge in [0.15, 0.2) is 22.8 Å². The monoisotopic (exact) mass is 1290 g/mol. The summed E-state index contributed by atoms with van der Waals surface area (Å²) in [6.07, 6.45) is 15.8. The van der Waals surface area contributed by atoms with Crippen molar-refractivity contribution in [2.24, 2.45) is 0 Å². The number of rotatable bonds is 20. The van der Waals surface area contributed by atoms with Gasteiger partial charge >= 0.3 is 12.2 Å². The zero-order valence-electron chi connectivity index (χ0n) is 57.2. The Hall–Kier alpha value is -8.07. The molecule has 0 saturated heterocycles. The van der Waals surface area contributed by atoms with E-state index < -0.39 is 27.3 Å². The Morgan fingerprint density at radius 3 is 1.25 bits per heavy atom. The summed E-state index contributed by atoms with van der Waals surface area (Å²) in [5.74, 6) is 1.54. The first-order valence-corrected chi connectivity index (χ1v) is 39.3. The molecule has 2 aliphatic rings. The number of carbonyl (C=O) groups excluding carboxylic acids is 2. The topological polar surface area (TPSA) is 218 Å². The number of ether oxygens (including phenoxy) is 6. The first-order chi connectivity index (χ1) is 43.5. The Labute approximate surface area is 543 Å². The number of hydrogen-bond donors (Lipinski definition) is 0. The Bertz CT molecular complexity index is 3680. The molecule has 22 nitrogen and oxygen atoms in total. The van der Waals surface area contributed by atoms with Crippen molar-refractivity contribution < 1.29 is 38.0 Å². The highest BCUT2D eigenvalue weighted by molar-refractivity contribution is 6.76. The van der Waals surface area contributed by atoms with Crippen LogP contribution in [0.1, 0.15) is 116 Å². The molecule has 8 aromatic heterocycles. The molecular formula is C68H94N14O8Si2. The third-order valence-corrected chi connectivity index (χ3v) is 19.1. The van der Waals surface area contributed by atoms with Crippen molar-refractivity contribution in [2.75, 3.05) is 53.6 Å². The number of aromatic nitrogens is 12. The van der Waals surface area contributed by atoms with Crippen molar-refractivity contribution in [3.63, 3.8) is 0 Å². The molecule has 492 valence electrons. The van der Waals surface area contributed by atoms with Crippen LogP contribution in [0.3, 0.4) is 0 Å². The van der Waals surface area contributed by atoms with Crippen molar-refractivity contribution in [1.82, 2.24) is 68.5 Å². The first kappa shape index (κ1) is 68.3. The summed E-state index contributed by atoms with van der Waals surface area (Å²) in [6.45, 7) is 38.3. The maximum absolute atomic E-state index is 12.5. The molecule has 2 amide bonds. The first-order valence-electron chi connectivity index (χ1n) is 31.9. The molecular weight excluding hydrogens is 1200 g/mol. The van der Waals surface area contributed by atoms with Gasteiger partial charge < -0.3 is 38.2 Å². The lowest BCUT2D eigenvalue weighted by Crippen LogP contribution is -2.39. The fourth-order valence-corrected chi connectivity index (χ4v) is 12.4. The quantitative estimate of drug-likeness (QED) is 0.0512. The van der Waals surface area contributed by atoms with E-state index >= 15 is 0 Å². The predicted octanol–water partition coefficient (Wildman–Crippen LogP) is 14.2. The van der Waals surface area contributed by atoms with E-state index in [1.165, 1.54) is 12.7 Å². The second-order valence-corrected chi connectivity index (χ2v) is 39.8. The highest BCUT2D eigenvalue weighted by Gasteiger charge is 2.30. The van der Waals surface area contributed by atoms with Gasteiger partial charge in [-0.15, -0.1) is 0 Å². The molecule has 0 fully saturated rings. The van der Waals surface area contributed by atoms with Crippen LogP contribution in [0.15, 0.2) is 86.0 Å². The third kappa shape index (κ3) is 17.0. The van der Waals surface area contributed by atoms with Gasteiger partial charge in [0.25, 0.3) is 0 Å². The third-order valence-electron chi connectivity index (χ3n) is 15.7. The lowest BCUT2D eigenvalue weighted by Gasteiger charge is -2.29. The number of carbonyl (C=O) groups is 2. The zero-order valence-corrected chi connectivity index (χ0v) is 59.2. The summed E-state index contributed by atoms with van der Waals surface area (Å²) >= 11 is 0. The normalized spacial score (nSPS) is 14.2. The van der Waals surface area contributed by atoms with E-state index in [0.29, 0.717) is 75.6 Å². The highest BCUT2D eigenvalue weighted by Crippen LogP contribution is 2.41. The Balaban J connectivity index is 0.000000217. The number of fused-ring (bicyclic) bond motifs is 2. The lowest BCUT2D eigenvalue weighted by atomic mass is 9.95. The molecule has 0 aliphatic carbocycles. The molecule has 0 N–H and O–H groups in total. The van der Waals surface area contributed by atoms with Crippen molar-refractivity contribution in [1.29, 1.82) is 0 Å². The standard InChI is InChI=1S/2C34H47N7O4Si/c2*1-23(2)29-30(27-11-10-25(19-35-27)24-12-14-39(15-13-24)33(42)45-34(3,4)5)38-41(22-44-16-17-46(7,8)9)31(29)26-18-28(43-6)32-36-21-37-40(32)20-26/h2*10-12,18-21,23H,13-17,22H2,1-9H3. The van der Waals surface area contributed by atoms with Crippen LogP contribution in [0.2, 0.25) is 51.4 Å². The van der Waals surface area contributed by atoms with Crippen LogP contribution in [0.4, 0.5) is 9.59 Å². The summed E-state index contributed by atoms with van der Waals surface area (Å²) in [7, 11) is 0.774. The van der Waals surface area contributed by atoms with Gasteiger partial charge in [0.2, 0.25) is 0 Å². The Morgan fingerprint density at radius 1 is 0.554 bits per heavy atom. The summed E-state index contributed by atoms with van der Waals surface area (Å²) in [5, 5.41) is 19.0. The molecule has 0 spiro atoms. The molecule has 0 radical (unpaired) electrons. The number of hydrogen-bond acceptors (Lipinski definition) is 16. The van der Waals surface area contributed by atoms with Crippen LogP contribution in [0.5, 0.6) is 11.5 Å². The molecule has 10 rings (SSSR count). The van der Waals surface area contributed by atoms with Crippen LogP contribution in [0.25, 0.3) is 67.7 Å². The molecule has 10 heterocycles. The molecule has 24 heteroatoms. The minimum atomic E-state index is -1.25. The van der Waals surface area contributed by atoms with Crippen molar-refractivity contribution in [3.8, 4) is 56.8 Å². The molecule has 0 aromatic carbocycles. The zero-order chi connectivity index (χ0) is 66.5. The van der Waals surface area contributed by atoms with E-state index in [9.17, 15) is 9.59 Å². The largest absolute Gasteiger partial charge is 0.493 e. The number of pyridine rings is 4. The second kappa shape index (κ2) is 28.4. The van der Waals surface area contributed by atoms with E-state index in [0.717, 1.165) is 104 Å². The average molecular weight is 1290 g/mol. The van der Waals surface area contributed by atoms with Crippen molar-refractivity contribution >= 4 is 50.8 Å². The van der Waals surface area contributed by atoms with Crippen LogP contribution in [-0.2, 0) is 32.4 Å². The maximum Gasteiger partial charge on any atom is 0.410 e. The average Bonchev–Trinajstić information content (AvgIpc) is 1.63. The van der Waals surface area contributed by atoms with Gasteiger partial charge in [0, 0.05) is 103 Å². The Morgan fingerprint density at radius 2 is 0.946 bits per heavy atom. The van der Waals surface area contributed by atoms with Crippen LogP contribution in [0, 0.1) is 0 Å². The van der Waals surface area contributed by atoms with E-state index in [2.05, 4.69) is 111 Å². The molecule has 8 aromatic rings. The van der Waals surface area contributed by atoms with Crippen LogP contribution >= 0.6 is 0 Å². The minimum absolute atomic E-state index is 0.138. The van der Waals surface area contributed by atoms with Gasteiger partial charge in [-0.3, -0.25) is 9.97 Å². The molecule has 92 heavy (non-hydrogen) atoms. The lowest BCUT2D eigenvalue weighted by molar-refractivity contribution is 0.0260. The van der Waals surface area contributed by atoms with E-state index in [1.807, 2.05) is 100.0 Å². The van der Waals surface area contributed by atoms with Gasteiger partial charge in [-0.2, -0.15) is 20.4 Å². The summed E-state index contributed by atoms with van der Waals surface area (Å²) < 4.78 is 42.3. The van der Waals surface area contributed by atoms with Crippen LogP contribution < -0.4 is 9.47 Å². The molecule has 0 atom stereocenters. The highest BCUT2D eigenvalue weighted by atomic mass is 28.3. The van der Waals surface area contributed by atoms with Crippen molar-refractivity contribution in [2.45, 2.75) is 170 Å². The molecule has 0 unspecified atom stereocenters. The molecule has 0 saturated carbocycles. The van der Waals surface area contributed by atoms with E-state index in [-0.39, 0.29) is 24.0 Å². The SMILES string of the molecule is COc1cc(-c2c(C(C)C)c(-c3ccc(C4=CCN(C(=O)OC(C)(C)C)CC4)cn3)nn2COCC[Si](C)(C)C)cn2ncnc12.COc1cc(-c2c(C(C)C)c(-c3ccc(C4=CCN(C(=O)OC(C)(C)C)CC4)cn3)nn2COCC[Si](C)(C)C)cn2ncnc12. The van der Waals surface area contributed by atoms with Crippen molar-refractivity contribution in [3.05, 3.63) is 108 Å². The van der Waals surface area contributed by atoms with E-state index in [4.69, 9.17) is 48.6 Å². The molecule has 0 bridgehead atoms. The number of amides is 2. The van der Waals surface area contributed by atoms with Crippen LogP contribution in [-0.4, -0.2) is 162 Å². The van der Waals surface area contributed by atoms with Gasteiger partial charge in [-0.25, -0.2) is 38.0 Å². The summed E-state index contributed by atoms with van der Waals surface area (Å²) in [4.78, 5) is 47.1. The van der Waals surface area contributed by atoms with Gasteiger partial charge in [0.05, 0.1) is 37.0 Å². The smallest absolute Gasteiger partial charge is 0.410 e.